The van der Waals surface area contributed by atoms with Crippen LogP contribution in [0.1, 0.15) is 20.3 Å². The quantitative estimate of drug-likeness (QED) is 0.722. The van der Waals surface area contributed by atoms with Crippen LogP contribution >= 0.6 is 0 Å². The number of allylic oxidation sites excluding steroid dienone is 1. The number of alkyl halides is 1. The topological polar surface area (TPSA) is 55.5 Å². The molecule has 0 spiro atoms. The first kappa shape index (κ1) is 11.2. The predicted octanol–water partition coefficient (Wildman–Crippen LogP) is 1.24. The molecule has 0 aromatic rings. The number of aliphatic hydroxyl groups is 1. The summed E-state index contributed by atoms with van der Waals surface area (Å²) in [6.07, 6.45) is 4.39. The van der Waals surface area contributed by atoms with Gasteiger partial charge in [-0.15, -0.1) is 0 Å². The minimum atomic E-state index is -1.83. The summed E-state index contributed by atoms with van der Waals surface area (Å²) in [5, 5.41) is 9.36. The molecule has 3 nitrogen and oxygen atoms in total. The van der Waals surface area contributed by atoms with Gasteiger partial charge in [0.05, 0.1) is 12.2 Å². The Balaban J connectivity index is 2.50. The molecular weight excluding hydrogens is 185 g/mol. The van der Waals surface area contributed by atoms with Crippen molar-refractivity contribution in [2.75, 3.05) is 6.61 Å². The SMILES string of the molecule is CC(C)(O)COC1(F)C=CC(N)=CC1. The van der Waals surface area contributed by atoms with Crippen molar-refractivity contribution in [1.29, 1.82) is 0 Å². The van der Waals surface area contributed by atoms with E-state index in [-0.39, 0.29) is 13.0 Å². The first-order chi connectivity index (χ1) is 6.31. The van der Waals surface area contributed by atoms with Crippen molar-refractivity contribution in [2.24, 2.45) is 5.73 Å². The molecule has 4 heteroatoms. The Kier molecular flexibility index (Phi) is 2.97. The normalized spacial score (nSPS) is 27.6. The van der Waals surface area contributed by atoms with E-state index in [0.29, 0.717) is 5.70 Å². The van der Waals surface area contributed by atoms with Crippen molar-refractivity contribution in [1.82, 2.24) is 0 Å². The van der Waals surface area contributed by atoms with E-state index in [0.717, 1.165) is 0 Å². The fourth-order valence-electron chi connectivity index (χ4n) is 1.02. The van der Waals surface area contributed by atoms with Crippen molar-refractivity contribution in [3.8, 4) is 0 Å². The van der Waals surface area contributed by atoms with Gasteiger partial charge in [-0.05, 0) is 26.0 Å². The van der Waals surface area contributed by atoms with Gasteiger partial charge in [0, 0.05) is 12.1 Å². The lowest BCUT2D eigenvalue weighted by Crippen LogP contribution is -2.34. The highest BCUT2D eigenvalue weighted by Crippen LogP contribution is 2.26. The first-order valence-corrected chi connectivity index (χ1v) is 4.51. The Labute approximate surface area is 83.1 Å². The molecule has 1 aliphatic carbocycles. The van der Waals surface area contributed by atoms with E-state index in [1.165, 1.54) is 12.2 Å². The summed E-state index contributed by atoms with van der Waals surface area (Å²) in [4.78, 5) is 0. The summed E-state index contributed by atoms with van der Waals surface area (Å²) in [5.41, 5.74) is 4.94. The zero-order valence-electron chi connectivity index (χ0n) is 8.46. The third-order valence-electron chi connectivity index (χ3n) is 1.81. The van der Waals surface area contributed by atoms with E-state index in [1.54, 1.807) is 19.9 Å². The minimum Gasteiger partial charge on any atom is -0.399 e. The predicted molar refractivity (Wildman–Crippen MR) is 52.1 cm³/mol. The molecule has 0 radical (unpaired) electrons. The summed E-state index contributed by atoms with van der Waals surface area (Å²) in [7, 11) is 0. The molecule has 1 rings (SSSR count). The molecule has 0 amide bonds. The summed E-state index contributed by atoms with van der Waals surface area (Å²) < 4.78 is 18.7. The van der Waals surface area contributed by atoms with Crippen molar-refractivity contribution in [3.05, 3.63) is 23.9 Å². The molecule has 0 bridgehead atoms. The Hall–Kier alpha value is -0.870. The van der Waals surface area contributed by atoms with E-state index >= 15 is 0 Å². The second-order valence-corrected chi connectivity index (χ2v) is 4.13. The van der Waals surface area contributed by atoms with E-state index in [4.69, 9.17) is 10.5 Å². The molecule has 0 aliphatic heterocycles. The zero-order valence-corrected chi connectivity index (χ0v) is 8.46. The highest BCUT2D eigenvalue weighted by Gasteiger charge is 2.30. The van der Waals surface area contributed by atoms with Gasteiger partial charge in [-0.3, -0.25) is 0 Å². The van der Waals surface area contributed by atoms with E-state index in [1.807, 2.05) is 0 Å². The van der Waals surface area contributed by atoms with Crippen LogP contribution in [0.5, 0.6) is 0 Å². The maximum Gasteiger partial charge on any atom is 0.232 e. The van der Waals surface area contributed by atoms with Gasteiger partial charge in [-0.2, -0.15) is 0 Å². The summed E-state index contributed by atoms with van der Waals surface area (Å²) in [6, 6.07) is 0. The van der Waals surface area contributed by atoms with Gasteiger partial charge in [0.15, 0.2) is 0 Å². The van der Waals surface area contributed by atoms with Gasteiger partial charge >= 0.3 is 0 Å². The maximum absolute atomic E-state index is 13.8. The summed E-state index contributed by atoms with van der Waals surface area (Å²) in [5.74, 6) is -1.83. The van der Waals surface area contributed by atoms with E-state index in [9.17, 15) is 9.50 Å². The van der Waals surface area contributed by atoms with Gasteiger partial charge < -0.3 is 15.6 Å². The van der Waals surface area contributed by atoms with Crippen molar-refractivity contribution in [2.45, 2.75) is 31.7 Å². The van der Waals surface area contributed by atoms with Crippen LogP contribution < -0.4 is 5.73 Å². The monoisotopic (exact) mass is 201 g/mol. The highest BCUT2D eigenvalue weighted by molar-refractivity contribution is 5.23. The summed E-state index contributed by atoms with van der Waals surface area (Å²) >= 11 is 0. The molecule has 0 saturated carbocycles. The smallest absolute Gasteiger partial charge is 0.232 e. The zero-order chi connectivity index (χ0) is 10.8. The largest absolute Gasteiger partial charge is 0.399 e. The third-order valence-corrected chi connectivity index (χ3v) is 1.81. The van der Waals surface area contributed by atoms with Gasteiger partial charge in [0.1, 0.15) is 0 Å². The molecule has 0 aromatic carbocycles. The summed E-state index contributed by atoms with van der Waals surface area (Å²) in [6.45, 7) is 3.07. The fourth-order valence-corrected chi connectivity index (χ4v) is 1.02. The molecule has 80 valence electrons. The highest BCUT2D eigenvalue weighted by atomic mass is 19.2. The standard InChI is InChI=1S/C10H16FNO2/c1-9(2,13)7-14-10(11)5-3-8(12)4-6-10/h3-5,13H,6-7,12H2,1-2H3. The molecule has 3 N–H and O–H groups in total. The second-order valence-electron chi connectivity index (χ2n) is 4.13. The molecule has 0 aromatic heterocycles. The van der Waals surface area contributed by atoms with Crippen LogP contribution in [0.4, 0.5) is 4.39 Å². The number of hydrogen-bond donors (Lipinski definition) is 2. The molecule has 0 heterocycles. The third kappa shape index (κ3) is 3.47. The number of nitrogens with two attached hydrogens (primary N) is 1. The number of rotatable bonds is 3. The van der Waals surface area contributed by atoms with Gasteiger partial charge in [0.2, 0.25) is 5.85 Å². The van der Waals surface area contributed by atoms with E-state index in [2.05, 4.69) is 0 Å². The molecule has 14 heavy (non-hydrogen) atoms. The van der Waals surface area contributed by atoms with Gasteiger partial charge in [-0.1, -0.05) is 6.08 Å². The van der Waals surface area contributed by atoms with Crippen LogP contribution in [0.3, 0.4) is 0 Å². The van der Waals surface area contributed by atoms with Gasteiger partial charge in [0.25, 0.3) is 0 Å². The molecule has 0 saturated heterocycles. The number of hydrogen-bond acceptors (Lipinski definition) is 3. The lowest BCUT2D eigenvalue weighted by molar-refractivity contribution is -0.147. The van der Waals surface area contributed by atoms with Crippen molar-refractivity contribution < 1.29 is 14.2 Å². The maximum atomic E-state index is 13.8. The van der Waals surface area contributed by atoms with Crippen LogP contribution in [-0.4, -0.2) is 23.2 Å². The molecule has 0 fully saturated rings. The average molecular weight is 201 g/mol. The first-order valence-electron chi connectivity index (χ1n) is 4.51. The van der Waals surface area contributed by atoms with Crippen molar-refractivity contribution in [3.63, 3.8) is 0 Å². The van der Waals surface area contributed by atoms with Crippen LogP contribution in [-0.2, 0) is 4.74 Å². The second kappa shape index (κ2) is 3.71. The molecule has 1 unspecified atom stereocenters. The number of halogens is 1. The van der Waals surface area contributed by atoms with Gasteiger partial charge in [-0.25, -0.2) is 4.39 Å². The Bertz CT molecular complexity index is 268. The lowest BCUT2D eigenvalue weighted by Gasteiger charge is -2.27. The Morgan fingerprint density at radius 3 is 2.79 bits per heavy atom. The van der Waals surface area contributed by atoms with Crippen LogP contribution in [0.2, 0.25) is 0 Å². The van der Waals surface area contributed by atoms with Crippen LogP contribution in [0.25, 0.3) is 0 Å². The number of ether oxygens (including phenoxy) is 1. The Morgan fingerprint density at radius 1 is 1.71 bits per heavy atom. The van der Waals surface area contributed by atoms with Crippen LogP contribution in [0, 0.1) is 0 Å². The molecule has 1 atom stereocenters. The Morgan fingerprint density at radius 2 is 2.36 bits per heavy atom. The fraction of sp³-hybridized carbons (Fsp3) is 0.600. The van der Waals surface area contributed by atoms with Crippen molar-refractivity contribution >= 4 is 0 Å². The van der Waals surface area contributed by atoms with Crippen LogP contribution in [0.15, 0.2) is 23.9 Å². The minimum absolute atomic E-state index is 0.0540. The molecule has 1 aliphatic rings. The average Bonchev–Trinajstić information content (AvgIpc) is 2.07. The van der Waals surface area contributed by atoms with E-state index < -0.39 is 11.5 Å². The lowest BCUT2D eigenvalue weighted by atomic mass is 10.1. The molecular formula is C10H16FNO2.